The van der Waals surface area contributed by atoms with Crippen LogP contribution >= 0.6 is 11.6 Å². The third-order valence-corrected chi connectivity index (χ3v) is 7.10. The van der Waals surface area contributed by atoms with Crippen molar-refractivity contribution in [3.05, 3.63) is 77.3 Å². The van der Waals surface area contributed by atoms with E-state index in [9.17, 15) is 18.0 Å². The summed E-state index contributed by atoms with van der Waals surface area (Å²) in [5, 5.41) is 4.91. The minimum absolute atomic E-state index is 0.138. The van der Waals surface area contributed by atoms with Crippen molar-refractivity contribution < 1.29 is 18.0 Å². The zero-order valence-corrected chi connectivity index (χ0v) is 21.6. The third kappa shape index (κ3) is 6.52. The van der Waals surface area contributed by atoms with Gasteiger partial charge in [0.2, 0.25) is 21.8 Å². The van der Waals surface area contributed by atoms with E-state index >= 15 is 0 Å². The SMILES string of the molecule is CCNC(=O)[C@H](CC)N(Cc1ccc(Cl)cc1)C(=O)CN(c1cccc2ccccc12)S(C)(=O)=O. The van der Waals surface area contributed by atoms with Crippen molar-refractivity contribution in [2.24, 2.45) is 0 Å². The maximum absolute atomic E-state index is 13.7. The van der Waals surface area contributed by atoms with Gasteiger partial charge >= 0.3 is 0 Å². The Bertz CT molecular complexity index is 1290. The van der Waals surface area contributed by atoms with Gasteiger partial charge in [0.15, 0.2) is 0 Å². The van der Waals surface area contributed by atoms with Crippen molar-refractivity contribution in [1.82, 2.24) is 10.2 Å². The zero-order chi connectivity index (χ0) is 25.6. The molecule has 0 spiro atoms. The van der Waals surface area contributed by atoms with Crippen LogP contribution in [0.3, 0.4) is 0 Å². The first-order valence-electron chi connectivity index (χ1n) is 11.4. The van der Waals surface area contributed by atoms with Crippen molar-refractivity contribution in [3.8, 4) is 0 Å². The number of rotatable bonds is 10. The Morgan fingerprint density at radius 3 is 2.26 bits per heavy atom. The molecule has 0 bridgehead atoms. The number of anilines is 1. The largest absolute Gasteiger partial charge is 0.355 e. The summed E-state index contributed by atoms with van der Waals surface area (Å²) in [6, 6.07) is 19.0. The van der Waals surface area contributed by atoms with Crippen molar-refractivity contribution in [3.63, 3.8) is 0 Å². The Morgan fingerprint density at radius 2 is 1.63 bits per heavy atom. The molecule has 2 amide bonds. The smallest absolute Gasteiger partial charge is 0.244 e. The summed E-state index contributed by atoms with van der Waals surface area (Å²) in [4.78, 5) is 28.0. The van der Waals surface area contributed by atoms with E-state index in [1.54, 1.807) is 36.4 Å². The lowest BCUT2D eigenvalue weighted by molar-refractivity contribution is -0.140. The van der Waals surface area contributed by atoms with Gasteiger partial charge in [0.05, 0.1) is 11.9 Å². The average Bonchev–Trinajstić information content (AvgIpc) is 2.82. The minimum Gasteiger partial charge on any atom is -0.355 e. The van der Waals surface area contributed by atoms with Crippen molar-refractivity contribution >= 4 is 49.9 Å². The highest BCUT2D eigenvalue weighted by Gasteiger charge is 2.32. The monoisotopic (exact) mass is 515 g/mol. The second-order valence-electron chi connectivity index (χ2n) is 8.23. The number of carbonyl (C=O) groups is 2. The Kier molecular flexibility index (Phi) is 8.75. The first kappa shape index (κ1) is 26.5. The molecule has 35 heavy (non-hydrogen) atoms. The quantitative estimate of drug-likeness (QED) is 0.438. The molecule has 3 aromatic carbocycles. The van der Waals surface area contributed by atoms with Crippen LogP contribution in [-0.4, -0.2) is 50.5 Å². The molecule has 0 aliphatic heterocycles. The van der Waals surface area contributed by atoms with E-state index < -0.39 is 28.5 Å². The fourth-order valence-corrected chi connectivity index (χ4v) is 5.01. The van der Waals surface area contributed by atoms with E-state index in [-0.39, 0.29) is 12.5 Å². The van der Waals surface area contributed by atoms with Crippen LogP contribution < -0.4 is 9.62 Å². The molecule has 0 fully saturated rings. The van der Waals surface area contributed by atoms with Crippen LogP contribution in [0.25, 0.3) is 10.8 Å². The molecule has 9 heteroatoms. The molecule has 7 nitrogen and oxygen atoms in total. The summed E-state index contributed by atoms with van der Waals surface area (Å²) >= 11 is 6.01. The van der Waals surface area contributed by atoms with Gasteiger partial charge in [-0.15, -0.1) is 0 Å². The Morgan fingerprint density at radius 1 is 0.971 bits per heavy atom. The number of sulfonamides is 1. The molecule has 1 atom stereocenters. The highest BCUT2D eigenvalue weighted by molar-refractivity contribution is 7.92. The van der Waals surface area contributed by atoms with E-state index in [2.05, 4.69) is 5.32 Å². The van der Waals surface area contributed by atoms with Crippen molar-refractivity contribution in [1.29, 1.82) is 0 Å². The standard InChI is InChI=1S/C26H30ClN3O4S/c1-4-23(26(32)28-5-2)29(17-19-13-15-21(27)16-14-19)25(31)18-30(35(3,33)34)24-12-8-10-20-9-6-7-11-22(20)24/h6-16,23H,4-5,17-18H2,1-3H3,(H,28,32)/t23-/m0/s1. The van der Waals surface area contributed by atoms with Gasteiger partial charge in [-0.2, -0.15) is 0 Å². The number of fused-ring (bicyclic) bond motifs is 1. The average molecular weight is 516 g/mol. The predicted molar refractivity (Wildman–Crippen MR) is 141 cm³/mol. The Balaban J connectivity index is 2.02. The molecule has 0 aromatic heterocycles. The summed E-state index contributed by atoms with van der Waals surface area (Å²) in [6.07, 6.45) is 1.45. The molecule has 1 N–H and O–H groups in total. The molecular weight excluding hydrogens is 486 g/mol. The second kappa shape index (κ2) is 11.6. The van der Waals surface area contributed by atoms with Gasteiger partial charge in [-0.1, -0.05) is 67.1 Å². The van der Waals surface area contributed by atoms with Crippen LogP contribution in [0, 0.1) is 0 Å². The maximum atomic E-state index is 13.7. The highest BCUT2D eigenvalue weighted by Crippen LogP contribution is 2.29. The number of benzene rings is 3. The molecule has 0 aliphatic rings. The van der Waals surface area contributed by atoms with Crippen molar-refractivity contribution in [2.45, 2.75) is 32.9 Å². The molecule has 0 heterocycles. The fraction of sp³-hybridized carbons (Fsp3) is 0.308. The van der Waals surface area contributed by atoms with Crippen LogP contribution in [0.4, 0.5) is 5.69 Å². The minimum atomic E-state index is -3.81. The topological polar surface area (TPSA) is 86.8 Å². The van der Waals surface area contributed by atoms with Gasteiger partial charge in [0, 0.05) is 23.5 Å². The van der Waals surface area contributed by atoms with Crippen LogP contribution in [-0.2, 0) is 26.2 Å². The van der Waals surface area contributed by atoms with Gasteiger partial charge in [-0.3, -0.25) is 13.9 Å². The van der Waals surface area contributed by atoms with Gasteiger partial charge < -0.3 is 10.2 Å². The molecular formula is C26H30ClN3O4S. The zero-order valence-electron chi connectivity index (χ0n) is 20.1. The lowest BCUT2D eigenvalue weighted by Gasteiger charge is -2.33. The highest BCUT2D eigenvalue weighted by atomic mass is 35.5. The number of likely N-dealkylation sites (N-methyl/N-ethyl adjacent to an activating group) is 1. The number of hydrogen-bond donors (Lipinski definition) is 1. The van der Waals surface area contributed by atoms with E-state index in [4.69, 9.17) is 11.6 Å². The molecule has 3 rings (SSSR count). The number of nitrogens with one attached hydrogen (secondary N) is 1. The fourth-order valence-electron chi connectivity index (χ4n) is 4.02. The lowest BCUT2D eigenvalue weighted by Crippen LogP contribution is -2.52. The molecule has 0 aliphatic carbocycles. The summed E-state index contributed by atoms with van der Waals surface area (Å²) in [5.41, 5.74) is 1.19. The van der Waals surface area contributed by atoms with Crippen LogP contribution in [0.2, 0.25) is 5.02 Å². The first-order chi connectivity index (χ1) is 16.7. The molecule has 0 unspecified atom stereocenters. The normalized spacial score (nSPS) is 12.2. The van der Waals surface area contributed by atoms with Crippen LogP contribution in [0.1, 0.15) is 25.8 Å². The van der Waals surface area contributed by atoms with Crippen molar-refractivity contribution in [2.75, 3.05) is 23.7 Å². The summed E-state index contributed by atoms with van der Waals surface area (Å²) in [6.45, 7) is 3.75. The first-order valence-corrected chi connectivity index (χ1v) is 13.7. The Labute approximate surface area is 211 Å². The number of hydrogen-bond acceptors (Lipinski definition) is 4. The molecule has 3 aromatic rings. The number of nitrogens with zero attached hydrogens (tertiary/aromatic N) is 2. The summed E-state index contributed by atoms with van der Waals surface area (Å²) in [5.74, 6) is -0.759. The van der Waals surface area contributed by atoms with Crippen LogP contribution in [0.5, 0.6) is 0 Å². The maximum Gasteiger partial charge on any atom is 0.244 e. The molecule has 186 valence electrons. The van der Waals surface area contributed by atoms with E-state index in [0.717, 1.165) is 21.5 Å². The number of carbonyl (C=O) groups excluding carboxylic acids is 2. The molecule has 0 saturated heterocycles. The lowest BCUT2D eigenvalue weighted by atomic mass is 10.1. The van der Waals surface area contributed by atoms with Gasteiger partial charge in [-0.05, 0) is 42.5 Å². The van der Waals surface area contributed by atoms with Gasteiger partial charge in [-0.25, -0.2) is 8.42 Å². The third-order valence-electron chi connectivity index (χ3n) is 5.72. The molecule has 0 radical (unpaired) electrons. The Hall–Kier alpha value is -3.10. The molecule has 0 saturated carbocycles. The summed E-state index contributed by atoms with van der Waals surface area (Å²) in [7, 11) is -3.81. The summed E-state index contributed by atoms with van der Waals surface area (Å²) < 4.78 is 26.8. The van der Waals surface area contributed by atoms with E-state index in [0.29, 0.717) is 29.1 Å². The van der Waals surface area contributed by atoms with E-state index in [1.165, 1.54) is 4.90 Å². The van der Waals surface area contributed by atoms with Crippen LogP contribution in [0.15, 0.2) is 66.7 Å². The number of halogens is 1. The number of amides is 2. The van der Waals surface area contributed by atoms with Gasteiger partial charge in [0.25, 0.3) is 0 Å². The predicted octanol–water partition coefficient (Wildman–Crippen LogP) is 4.20. The van der Waals surface area contributed by atoms with Gasteiger partial charge in [0.1, 0.15) is 12.6 Å². The second-order valence-corrected chi connectivity index (χ2v) is 10.6. The van der Waals surface area contributed by atoms with E-state index in [1.807, 2.05) is 44.2 Å².